The molecule has 3 rings (SSSR count). The summed E-state index contributed by atoms with van der Waals surface area (Å²) in [5, 5.41) is 20.6. The summed E-state index contributed by atoms with van der Waals surface area (Å²) < 4.78 is 0. The van der Waals surface area contributed by atoms with Crippen molar-refractivity contribution >= 4 is 23.6 Å². The molecule has 1 aromatic carbocycles. The van der Waals surface area contributed by atoms with E-state index in [0.29, 0.717) is 25.8 Å². The van der Waals surface area contributed by atoms with Crippen LogP contribution < -0.4 is 21.4 Å². The molecular weight excluding hydrogens is 498 g/mol. The molecule has 4 amide bonds. The van der Waals surface area contributed by atoms with Crippen molar-refractivity contribution in [2.75, 3.05) is 6.54 Å². The van der Waals surface area contributed by atoms with Crippen molar-refractivity contribution in [3.63, 3.8) is 0 Å². The number of hydrazine groups is 1. The van der Waals surface area contributed by atoms with E-state index in [-0.39, 0.29) is 23.8 Å². The van der Waals surface area contributed by atoms with Gasteiger partial charge in [-0.3, -0.25) is 24.2 Å². The van der Waals surface area contributed by atoms with Crippen LogP contribution in [0.5, 0.6) is 0 Å². The topological polar surface area (TPSA) is 140 Å². The van der Waals surface area contributed by atoms with Gasteiger partial charge in [0.15, 0.2) is 0 Å². The predicted octanol–water partition coefficient (Wildman–Crippen LogP) is 1.73. The Bertz CT molecular complexity index is 1030. The Morgan fingerprint density at radius 2 is 1.59 bits per heavy atom. The standard InChI is InChI=1S/C29H45N5O5/c1-17(2)25-28(38)31-20(5)29(39)34-15-9-13-23(33-34)27(37)30-19(4)22-12-8-11-21(16-22)10-6-7-14-24(35)18(3)26(36)32-25/h8,11-12,16-20,23-25,33,35H,6-7,9-10,13-15H2,1-5H3,(H,30,37)(H,31,38)(H,32,36)/t18?,19-,20?,23+,24?,25?/m1/s1. The second-order valence-electron chi connectivity index (χ2n) is 11.4. The highest BCUT2D eigenvalue weighted by molar-refractivity contribution is 5.92. The summed E-state index contributed by atoms with van der Waals surface area (Å²) in [4.78, 5) is 52.3. The van der Waals surface area contributed by atoms with E-state index in [1.165, 1.54) is 5.01 Å². The first-order valence-electron chi connectivity index (χ1n) is 14.2. The van der Waals surface area contributed by atoms with E-state index in [0.717, 1.165) is 30.4 Å². The van der Waals surface area contributed by atoms with Crippen LogP contribution >= 0.6 is 0 Å². The van der Waals surface area contributed by atoms with Gasteiger partial charge in [-0.1, -0.05) is 51.5 Å². The molecule has 4 bridgehead atoms. The summed E-state index contributed by atoms with van der Waals surface area (Å²) >= 11 is 0. The smallest absolute Gasteiger partial charge is 0.258 e. The van der Waals surface area contributed by atoms with Crippen molar-refractivity contribution in [2.45, 2.75) is 103 Å². The van der Waals surface area contributed by atoms with Gasteiger partial charge in [-0.15, -0.1) is 0 Å². The van der Waals surface area contributed by atoms with E-state index in [1.807, 2.05) is 39.0 Å². The maximum absolute atomic E-state index is 13.2. The van der Waals surface area contributed by atoms with Crippen LogP contribution in [0.15, 0.2) is 24.3 Å². The van der Waals surface area contributed by atoms with Crippen LogP contribution in [0.4, 0.5) is 0 Å². The van der Waals surface area contributed by atoms with E-state index in [9.17, 15) is 24.3 Å². The monoisotopic (exact) mass is 543 g/mol. The van der Waals surface area contributed by atoms with Crippen LogP contribution in [0.2, 0.25) is 0 Å². The molecule has 2 aliphatic heterocycles. The maximum atomic E-state index is 13.2. The van der Waals surface area contributed by atoms with Gasteiger partial charge in [0.05, 0.1) is 18.1 Å². The molecule has 39 heavy (non-hydrogen) atoms. The molecule has 10 nitrogen and oxygen atoms in total. The number of aliphatic hydroxyl groups excluding tert-OH is 1. The number of fused-ring (bicyclic) bond motifs is 4. The van der Waals surface area contributed by atoms with Crippen LogP contribution in [0.3, 0.4) is 0 Å². The van der Waals surface area contributed by atoms with Crippen LogP contribution in [0, 0.1) is 11.8 Å². The number of amides is 4. The van der Waals surface area contributed by atoms with E-state index in [2.05, 4.69) is 27.4 Å². The minimum absolute atomic E-state index is 0.185. The quantitative estimate of drug-likeness (QED) is 0.366. The van der Waals surface area contributed by atoms with Crippen LogP contribution in [0.25, 0.3) is 0 Å². The molecule has 2 heterocycles. The fraction of sp³-hybridized carbons (Fsp3) is 0.655. The minimum Gasteiger partial charge on any atom is -0.392 e. The molecule has 0 aliphatic carbocycles. The summed E-state index contributed by atoms with van der Waals surface area (Å²) in [6, 6.07) is 5.59. The lowest BCUT2D eigenvalue weighted by Gasteiger charge is -2.35. The Morgan fingerprint density at radius 3 is 2.31 bits per heavy atom. The SMILES string of the molecule is CC1NC(=O)C(C(C)C)NC(=O)C(C)C(O)CCCCc2cccc(c2)[C@@H](C)NC(=O)[C@@H]2CCCN(N2)C1=O. The molecule has 1 aromatic rings. The molecule has 0 saturated carbocycles. The number of carbonyl (C=O) groups is 4. The molecule has 0 aromatic heterocycles. The van der Waals surface area contributed by atoms with Crippen molar-refractivity contribution in [3.05, 3.63) is 35.4 Å². The number of aliphatic hydroxyl groups is 1. The average Bonchev–Trinajstić information content (AvgIpc) is 2.92. The zero-order chi connectivity index (χ0) is 28.7. The van der Waals surface area contributed by atoms with Gasteiger partial charge in [0, 0.05) is 6.54 Å². The summed E-state index contributed by atoms with van der Waals surface area (Å²) in [5.41, 5.74) is 5.17. The number of hydrogen-bond acceptors (Lipinski definition) is 6. The lowest BCUT2D eigenvalue weighted by Crippen LogP contribution is -2.62. The summed E-state index contributed by atoms with van der Waals surface area (Å²) in [6.45, 7) is 9.23. The van der Waals surface area contributed by atoms with Gasteiger partial charge < -0.3 is 21.1 Å². The van der Waals surface area contributed by atoms with Gasteiger partial charge in [-0.25, -0.2) is 5.43 Å². The van der Waals surface area contributed by atoms with Crippen LogP contribution in [-0.2, 0) is 25.6 Å². The van der Waals surface area contributed by atoms with Gasteiger partial charge in [-0.2, -0.15) is 0 Å². The number of carbonyl (C=O) groups excluding carboxylic acids is 4. The predicted molar refractivity (Wildman–Crippen MR) is 148 cm³/mol. The van der Waals surface area contributed by atoms with Crippen molar-refractivity contribution in [3.8, 4) is 0 Å². The molecule has 1 fully saturated rings. The number of aryl methyl sites for hydroxylation is 1. The molecule has 5 N–H and O–H groups in total. The van der Waals surface area contributed by atoms with Crippen molar-refractivity contribution in [2.24, 2.45) is 11.8 Å². The van der Waals surface area contributed by atoms with Crippen molar-refractivity contribution < 1.29 is 24.3 Å². The van der Waals surface area contributed by atoms with Crippen LogP contribution in [0.1, 0.15) is 83.9 Å². The number of nitrogens with zero attached hydrogens (tertiary/aromatic N) is 1. The third-order valence-corrected chi connectivity index (χ3v) is 7.76. The Morgan fingerprint density at radius 1 is 0.872 bits per heavy atom. The number of benzene rings is 1. The number of nitrogens with one attached hydrogen (secondary N) is 4. The van der Waals surface area contributed by atoms with Gasteiger partial charge in [0.2, 0.25) is 17.7 Å². The fourth-order valence-electron chi connectivity index (χ4n) is 5.08. The fourth-order valence-corrected chi connectivity index (χ4v) is 5.08. The number of hydrogen-bond donors (Lipinski definition) is 5. The number of rotatable bonds is 1. The zero-order valence-corrected chi connectivity index (χ0v) is 23.8. The van der Waals surface area contributed by atoms with Gasteiger partial charge in [0.1, 0.15) is 18.1 Å². The van der Waals surface area contributed by atoms with Gasteiger partial charge in [0.25, 0.3) is 5.91 Å². The Kier molecular flexibility index (Phi) is 10.9. The molecule has 0 spiro atoms. The first-order chi connectivity index (χ1) is 18.5. The molecule has 0 radical (unpaired) electrons. The maximum Gasteiger partial charge on any atom is 0.258 e. The van der Waals surface area contributed by atoms with Crippen molar-refractivity contribution in [1.29, 1.82) is 0 Å². The second-order valence-corrected chi connectivity index (χ2v) is 11.4. The molecule has 6 atom stereocenters. The molecule has 1 saturated heterocycles. The zero-order valence-electron chi connectivity index (χ0n) is 23.8. The van der Waals surface area contributed by atoms with E-state index in [1.54, 1.807) is 13.8 Å². The van der Waals surface area contributed by atoms with E-state index in [4.69, 9.17) is 0 Å². The highest BCUT2D eigenvalue weighted by Gasteiger charge is 2.34. The van der Waals surface area contributed by atoms with E-state index >= 15 is 0 Å². The Balaban J connectivity index is 1.82. The summed E-state index contributed by atoms with van der Waals surface area (Å²) in [7, 11) is 0. The summed E-state index contributed by atoms with van der Waals surface area (Å²) in [5.74, 6) is -2.32. The molecule has 10 heteroatoms. The third kappa shape index (κ3) is 8.25. The lowest BCUT2D eigenvalue weighted by atomic mass is 9.95. The first-order valence-corrected chi connectivity index (χ1v) is 14.2. The third-order valence-electron chi connectivity index (χ3n) is 7.76. The lowest BCUT2D eigenvalue weighted by molar-refractivity contribution is -0.143. The van der Waals surface area contributed by atoms with Gasteiger partial charge >= 0.3 is 0 Å². The molecule has 2 aliphatic rings. The van der Waals surface area contributed by atoms with Gasteiger partial charge in [-0.05, 0) is 63.0 Å². The second kappa shape index (κ2) is 13.9. The minimum atomic E-state index is -0.868. The normalized spacial score (nSPS) is 30.5. The van der Waals surface area contributed by atoms with E-state index < -0.39 is 42.0 Å². The van der Waals surface area contributed by atoms with Crippen molar-refractivity contribution in [1.82, 2.24) is 26.4 Å². The highest BCUT2D eigenvalue weighted by atomic mass is 16.3. The Hall–Kier alpha value is -2.98. The molecule has 4 unspecified atom stereocenters. The molecule has 216 valence electrons. The van der Waals surface area contributed by atoms with Crippen LogP contribution in [-0.4, -0.2) is 64.5 Å². The largest absolute Gasteiger partial charge is 0.392 e. The molecular formula is C29H45N5O5. The first kappa shape index (κ1) is 30.6. The highest BCUT2D eigenvalue weighted by Crippen LogP contribution is 2.19. The Labute approximate surface area is 231 Å². The average molecular weight is 544 g/mol. The summed E-state index contributed by atoms with van der Waals surface area (Å²) in [6.07, 6.45) is 3.28.